The molecule has 0 aromatic heterocycles. The van der Waals surface area contributed by atoms with Crippen LogP contribution in [0.1, 0.15) is 52.2 Å². The zero-order valence-electron chi connectivity index (χ0n) is 15.8. The third-order valence-corrected chi connectivity index (χ3v) is 3.75. The largest absolute Gasteiger partial charge is 0.463 e. The van der Waals surface area contributed by atoms with Crippen molar-refractivity contribution < 1.29 is 27.5 Å². The number of hydrogen-bond donors (Lipinski definition) is 2. The number of ether oxygens (including phenoxy) is 2. The van der Waals surface area contributed by atoms with Crippen LogP contribution >= 0.6 is 0 Å². The van der Waals surface area contributed by atoms with Crippen molar-refractivity contribution >= 4 is 28.5 Å². The molecule has 1 aromatic carbocycles. The van der Waals surface area contributed by atoms with Crippen LogP contribution in [0.25, 0.3) is 0 Å². The molecule has 0 aliphatic rings. The van der Waals surface area contributed by atoms with Gasteiger partial charge in [-0.15, -0.1) is 0 Å². The predicted molar refractivity (Wildman–Crippen MR) is 99.9 cm³/mol. The highest BCUT2D eigenvalue weighted by Crippen LogP contribution is 2.24. The van der Waals surface area contributed by atoms with E-state index in [1.807, 2.05) is 0 Å². The molecule has 0 atom stereocenters. The van der Waals surface area contributed by atoms with Crippen LogP contribution in [0.3, 0.4) is 0 Å². The molecule has 0 bridgehead atoms. The average molecular weight is 385 g/mol. The number of rotatable bonds is 7. The van der Waals surface area contributed by atoms with E-state index in [4.69, 9.17) is 9.47 Å². The van der Waals surface area contributed by atoms with Crippen molar-refractivity contribution in [2.45, 2.75) is 64.9 Å². The van der Waals surface area contributed by atoms with Crippen molar-refractivity contribution in [2.75, 3.05) is 5.32 Å². The second kappa shape index (κ2) is 9.56. The standard InChI is InChI=1S/C18H27NO6S/c1-12(2)24-16(20)10-9-14-13(11-26(22)23)7-6-8-15(14)19-17(21)25-18(3,4)5/h6-8,12,26H,9-11H2,1-5H3,(H,19,21). The first-order chi connectivity index (χ1) is 12.0. The quantitative estimate of drug-likeness (QED) is 0.553. The van der Waals surface area contributed by atoms with Gasteiger partial charge in [-0.2, -0.15) is 0 Å². The van der Waals surface area contributed by atoms with Crippen LogP contribution in [0.5, 0.6) is 0 Å². The first kappa shape index (κ1) is 22.0. The normalized spacial score (nSPS) is 11.5. The van der Waals surface area contributed by atoms with Gasteiger partial charge >= 0.3 is 12.1 Å². The van der Waals surface area contributed by atoms with E-state index in [1.54, 1.807) is 52.8 Å². The van der Waals surface area contributed by atoms with Crippen molar-refractivity contribution in [1.29, 1.82) is 0 Å². The summed E-state index contributed by atoms with van der Waals surface area (Å²) in [6.45, 7) is 8.74. The highest BCUT2D eigenvalue weighted by atomic mass is 32.2. The summed E-state index contributed by atoms with van der Waals surface area (Å²) in [7, 11) is -2.65. The Bertz CT molecular complexity index is 711. The van der Waals surface area contributed by atoms with Crippen molar-refractivity contribution in [3.05, 3.63) is 29.3 Å². The van der Waals surface area contributed by atoms with E-state index in [-0.39, 0.29) is 30.7 Å². The number of benzene rings is 1. The molecule has 0 radical (unpaired) electrons. The lowest BCUT2D eigenvalue weighted by Crippen LogP contribution is -2.27. The van der Waals surface area contributed by atoms with Crippen LogP contribution in [0.15, 0.2) is 18.2 Å². The van der Waals surface area contributed by atoms with Crippen LogP contribution in [0.4, 0.5) is 10.5 Å². The van der Waals surface area contributed by atoms with Crippen LogP contribution in [0.2, 0.25) is 0 Å². The molecular weight excluding hydrogens is 358 g/mol. The first-order valence-corrected chi connectivity index (χ1v) is 9.76. The fourth-order valence-corrected chi connectivity index (χ4v) is 2.87. The summed E-state index contributed by atoms with van der Waals surface area (Å²) in [5.41, 5.74) is 0.873. The number of nitrogens with one attached hydrogen (secondary N) is 1. The molecule has 0 saturated heterocycles. The maximum Gasteiger partial charge on any atom is 0.412 e. The third kappa shape index (κ3) is 8.33. The molecule has 1 N–H and O–H groups in total. The second-order valence-electron chi connectivity index (χ2n) is 7.10. The lowest BCUT2D eigenvalue weighted by atomic mass is 10.0. The highest BCUT2D eigenvalue weighted by molar-refractivity contribution is 7.71. The van der Waals surface area contributed by atoms with Crippen molar-refractivity contribution in [2.24, 2.45) is 0 Å². The van der Waals surface area contributed by atoms with E-state index in [9.17, 15) is 18.0 Å². The number of carbonyl (C=O) groups is 2. The minimum absolute atomic E-state index is 0.0772. The van der Waals surface area contributed by atoms with E-state index in [0.717, 1.165) is 0 Å². The van der Waals surface area contributed by atoms with Crippen LogP contribution in [-0.4, -0.2) is 32.2 Å². The monoisotopic (exact) mass is 385 g/mol. The number of hydrogen-bond acceptors (Lipinski definition) is 6. The van der Waals surface area contributed by atoms with Gasteiger partial charge in [0.2, 0.25) is 0 Å². The summed E-state index contributed by atoms with van der Waals surface area (Å²) in [6, 6.07) is 4.96. The molecule has 0 fully saturated rings. The van der Waals surface area contributed by atoms with Crippen LogP contribution < -0.4 is 5.32 Å². The van der Waals surface area contributed by atoms with E-state index in [0.29, 0.717) is 16.8 Å². The Labute approximate surface area is 156 Å². The van der Waals surface area contributed by atoms with Gasteiger partial charge in [-0.05, 0) is 58.2 Å². The molecule has 26 heavy (non-hydrogen) atoms. The van der Waals surface area contributed by atoms with Gasteiger partial charge in [0, 0.05) is 12.1 Å². The molecule has 1 rings (SSSR count). The molecule has 146 valence electrons. The van der Waals surface area contributed by atoms with Crippen LogP contribution in [0, 0.1) is 0 Å². The Hall–Kier alpha value is -2.09. The molecule has 1 amide bonds. The lowest BCUT2D eigenvalue weighted by molar-refractivity contribution is -0.147. The molecule has 1 aromatic rings. The van der Waals surface area contributed by atoms with Gasteiger partial charge in [-0.25, -0.2) is 13.2 Å². The summed E-state index contributed by atoms with van der Waals surface area (Å²) in [5.74, 6) is -0.558. The number of carbonyl (C=O) groups excluding carboxylic acids is 2. The Kier molecular flexibility index (Phi) is 8.08. The minimum Gasteiger partial charge on any atom is -0.463 e. The Morgan fingerprint density at radius 1 is 1.19 bits per heavy atom. The van der Waals surface area contributed by atoms with Gasteiger partial charge in [0.05, 0.1) is 11.9 Å². The van der Waals surface area contributed by atoms with Gasteiger partial charge in [-0.3, -0.25) is 10.1 Å². The first-order valence-electron chi connectivity index (χ1n) is 8.40. The van der Waals surface area contributed by atoms with E-state index in [1.165, 1.54) is 0 Å². The fourth-order valence-electron chi connectivity index (χ4n) is 2.30. The molecule has 0 spiro atoms. The Balaban J connectivity index is 3.04. The maximum atomic E-state index is 12.1. The van der Waals surface area contributed by atoms with Crippen molar-refractivity contribution in [1.82, 2.24) is 0 Å². The van der Waals surface area contributed by atoms with E-state index >= 15 is 0 Å². The average Bonchev–Trinajstić information content (AvgIpc) is 2.43. The van der Waals surface area contributed by atoms with Gasteiger partial charge in [-0.1, -0.05) is 12.1 Å². The lowest BCUT2D eigenvalue weighted by Gasteiger charge is -2.21. The second-order valence-corrected chi connectivity index (χ2v) is 8.08. The third-order valence-electron chi connectivity index (χ3n) is 3.15. The predicted octanol–water partition coefficient (Wildman–Crippen LogP) is 3.03. The summed E-state index contributed by atoms with van der Waals surface area (Å²) < 4.78 is 32.7. The van der Waals surface area contributed by atoms with E-state index < -0.39 is 22.4 Å². The van der Waals surface area contributed by atoms with E-state index in [2.05, 4.69) is 5.32 Å². The number of esters is 1. The maximum absolute atomic E-state index is 12.1. The van der Waals surface area contributed by atoms with Gasteiger partial charge < -0.3 is 9.47 Å². The molecule has 0 unspecified atom stereocenters. The number of anilines is 1. The molecule has 8 heteroatoms. The zero-order chi connectivity index (χ0) is 19.9. The summed E-state index contributed by atoms with van der Waals surface area (Å²) in [4.78, 5) is 23.9. The smallest absolute Gasteiger partial charge is 0.412 e. The molecule has 7 nitrogen and oxygen atoms in total. The summed E-state index contributed by atoms with van der Waals surface area (Å²) >= 11 is 0. The Morgan fingerprint density at radius 3 is 2.38 bits per heavy atom. The molecule has 0 aliphatic carbocycles. The van der Waals surface area contributed by atoms with Crippen molar-refractivity contribution in [3.8, 4) is 0 Å². The molecule has 0 aliphatic heterocycles. The Morgan fingerprint density at radius 2 is 1.85 bits per heavy atom. The van der Waals surface area contributed by atoms with Gasteiger partial charge in [0.15, 0.2) is 0 Å². The highest BCUT2D eigenvalue weighted by Gasteiger charge is 2.19. The SMILES string of the molecule is CC(C)OC(=O)CCc1c(C[SH](=O)=O)cccc1NC(=O)OC(C)(C)C. The molecule has 0 heterocycles. The number of thiol groups is 1. The molecular formula is C18H27NO6S. The van der Waals surface area contributed by atoms with Crippen molar-refractivity contribution in [3.63, 3.8) is 0 Å². The zero-order valence-corrected chi connectivity index (χ0v) is 16.7. The molecule has 0 saturated carbocycles. The minimum atomic E-state index is -2.65. The van der Waals surface area contributed by atoms with Crippen LogP contribution in [-0.2, 0) is 37.1 Å². The number of amides is 1. The summed E-state index contributed by atoms with van der Waals surface area (Å²) in [6.07, 6.45) is -0.551. The fraction of sp³-hybridized carbons (Fsp3) is 0.556. The topological polar surface area (TPSA) is 98.8 Å². The van der Waals surface area contributed by atoms with Gasteiger partial charge in [0.1, 0.15) is 16.3 Å². The van der Waals surface area contributed by atoms with Gasteiger partial charge in [0.25, 0.3) is 0 Å². The summed E-state index contributed by atoms with van der Waals surface area (Å²) in [5, 5.41) is 2.64.